The van der Waals surface area contributed by atoms with Gasteiger partial charge in [0.25, 0.3) is 0 Å². The van der Waals surface area contributed by atoms with Crippen LogP contribution in [0.3, 0.4) is 0 Å². The summed E-state index contributed by atoms with van der Waals surface area (Å²) in [5.74, 6) is 0. The highest BCUT2D eigenvalue weighted by Crippen LogP contribution is 1.94. The lowest BCUT2D eigenvalue weighted by atomic mass is 10.2. The predicted octanol–water partition coefficient (Wildman–Crippen LogP) is 1.56. The first kappa shape index (κ1) is 8.05. The predicted molar refractivity (Wildman–Crippen MR) is 41.0 cm³/mol. The molecule has 0 amide bonds. The number of rotatable bonds is 4. The molecule has 0 unspecified atom stereocenters. The maximum atomic E-state index is 5.27. The molecule has 0 saturated heterocycles. The number of hydrogen-bond donors (Lipinski definition) is 2. The standard InChI is InChI=1S/C6H13NS/c7-5-3-1-2-4-6-8/h4,6,8H,1-3,5,7H2. The summed E-state index contributed by atoms with van der Waals surface area (Å²) >= 11 is 3.91. The highest BCUT2D eigenvalue weighted by atomic mass is 32.1. The van der Waals surface area contributed by atoms with Crippen LogP contribution >= 0.6 is 12.6 Å². The molecule has 0 aromatic rings. The molecule has 0 radical (unpaired) electrons. The molecule has 0 bridgehead atoms. The Morgan fingerprint density at radius 3 is 2.62 bits per heavy atom. The fourth-order valence-electron chi connectivity index (χ4n) is 0.481. The zero-order valence-corrected chi connectivity index (χ0v) is 5.90. The van der Waals surface area contributed by atoms with Gasteiger partial charge in [0.1, 0.15) is 0 Å². The van der Waals surface area contributed by atoms with Crippen molar-refractivity contribution in [2.45, 2.75) is 19.3 Å². The third-order valence-electron chi connectivity index (χ3n) is 0.930. The van der Waals surface area contributed by atoms with Crippen molar-refractivity contribution < 1.29 is 0 Å². The van der Waals surface area contributed by atoms with E-state index < -0.39 is 0 Å². The van der Waals surface area contributed by atoms with Gasteiger partial charge >= 0.3 is 0 Å². The van der Waals surface area contributed by atoms with E-state index in [9.17, 15) is 0 Å². The molecular weight excluding hydrogens is 118 g/mol. The third-order valence-corrected chi connectivity index (χ3v) is 1.14. The fourth-order valence-corrected chi connectivity index (χ4v) is 0.630. The average Bonchev–Trinajstić information content (AvgIpc) is 1.81. The second kappa shape index (κ2) is 7.05. The van der Waals surface area contributed by atoms with Crippen molar-refractivity contribution in [1.82, 2.24) is 0 Å². The minimum absolute atomic E-state index is 0.806. The van der Waals surface area contributed by atoms with Gasteiger partial charge in [-0.3, -0.25) is 0 Å². The molecule has 0 atom stereocenters. The molecular formula is C6H13NS. The van der Waals surface area contributed by atoms with E-state index in [1.54, 1.807) is 5.41 Å². The highest BCUT2D eigenvalue weighted by molar-refractivity contribution is 7.83. The Balaban J connectivity index is 2.72. The van der Waals surface area contributed by atoms with E-state index in [4.69, 9.17) is 5.73 Å². The minimum Gasteiger partial charge on any atom is -0.330 e. The fraction of sp³-hybridized carbons (Fsp3) is 0.667. The SMILES string of the molecule is NCCCCC=CS. The summed E-state index contributed by atoms with van der Waals surface area (Å²) in [7, 11) is 0. The maximum Gasteiger partial charge on any atom is -0.00772 e. The van der Waals surface area contributed by atoms with Gasteiger partial charge in [-0.25, -0.2) is 0 Å². The monoisotopic (exact) mass is 131 g/mol. The largest absolute Gasteiger partial charge is 0.330 e. The van der Waals surface area contributed by atoms with Gasteiger partial charge in [-0.2, -0.15) is 12.6 Å². The Kier molecular flexibility index (Phi) is 7.09. The second-order valence-corrected chi connectivity index (χ2v) is 1.97. The first-order valence-corrected chi connectivity index (χ1v) is 3.42. The molecule has 2 N–H and O–H groups in total. The van der Waals surface area contributed by atoms with Crippen LogP contribution in [0.4, 0.5) is 0 Å². The average molecular weight is 131 g/mol. The number of unbranched alkanes of at least 4 members (excludes halogenated alkanes) is 2. The molecule has 0 fully saturated rings. The minimum atomic E-state index is 0.806. The second-order valence-electron chi connectivity index (χ2n) is 1.67. The van der Waals surface area contributed by atoms with E-state index in [0.29, 0.717) is 0 Å². The molecule has 8 heavy (non-hydrogen) atoms. The number of allylic oxidation sites excluding steroid dienone is 1. The molecule has 0 aromatic carbocycles. The maximum absolute atomic E-state index is 5.27. The van der Waals surface area contributed by atoms with Crippen LogP contribution < -0.4 is 5.73 Å². The van der Waals surface area contributed by atoms with Gasteiger partial charge in [-0.1, -0.05) is 6.08 Å². The van der Waals surface area contributed by atoms with Gasteiger partial charge in [0.05, 0.1) is 0 Å². The smallest absolute Gasteiger partial charge is 0.00772 e. The van der Waals surface area contributed by atoms with Gasteiger partial charge in [0.15, 0.2) is 0 Å². The Bertz CT molecular complexity index is 61.5. The van der Waals surface area contributed by atoms with Crippen LogP contribution in [0.2, 0.25) is 0 Å². The van der Waals surface area contributed by atoms with Crippen molar-refractivity contribution in [2.75, 3.05) is 6.54 Å². The molecule has 0 heterocycles. The summed E-state index contributed by atoms with van der Waals surface area (Å²) in [6.45, 7) is 0.806. The molecule has 0 aliphatic heterocycles. The summed E-state index contributed by atoms with van der Waals surface area (Å²) in [5.41, 5.74) is 5.27. The summed E-state index contributed by atoms with van der Waals surface area (Å²) in [4.78, 5) is 0. The first-order valence-electron chi connectivity index (χ1n) is 2.91. The van der Waals surface area contributed by atoms with Gasteiger partial charge in [0, 0.05) is 0 Å². The lowest BCUT2D eigenvalue weighted by molar-refractivity contribution is 0.759. The van der Waals surface area contributed by atoms with E-state index in [1.807, 2.05) is 6.08 Å². The summed E-state index contributed by atoms with van der Waals surface area (Å²) < 4.78 is 0. The van der Waals surface area contributed by atoms with Crippen LogP contribution in [0.5, 0.6) is 0 Å². The zero-order valence-electron chi connectivity index (χ0n) is 5.01. The van der Waals surface area contributed by atoms with Crippen LogP contribution in [0.25, 0.3) is 0 Å². The van der Waals surface area contributed by atoms with Crippen molar-refractivity contribution in [3.8, 4) is 0 Å². The van der Waals surface area contributed by atoms with E-state index in [2.05, 4.69) is 12.6 Å². The lowest BCUT2D eigenvalue weighted by Gasteiger charge is -1.89. The lowest BCUT2D eigenvalue weighted by Crippen LogP contribution is -1.96. The molecule has 2 heteroatoms. The normalized spacial score (nSPS) is 10.8. The number of hydrogen-bond acceptors (Lipinski definition) is 2. The van der Waals surface area contributed by atoms with Gasteiger partial charge < -0.3 is 5.73 Å². The Labute approximate surface area is 56.4 Å². The first-order chi connectivity index (χ1) is 3.91. The van der Waals surface area contributed by atoms with Crippen molar-refractivity contribution in [3.05, 3.63) is 11.5 Å². The number of thiol groups is 1. The Hall–Kier alpha value is 0.0500. The molecule has 0 spiro atoms. The topological polar surface area (TPSA) is 26.0 Å². The molecule has 0 aromatic heterocycles. The van der Waals surface area contributed by atoms with Gasteiger partial charge in [-0.15, -0.1) is 0 Å². The summed E-state index contributed by atoms with van der Waals surface area (Å²) in [5, 5.41) is 1.77. The van der Waals surface area contributed by atoms with Crippen molar-refractivity contribution in [1.29, 1.82) is 0 Å². The van der Waals surface area contributed by atoms with Gasteiger partial charge in [-0.05, 0) is 31.2 Å². The molecule has 0 aliphatic carbocycles. The quantitative estimate of drug-likeness (QED) is 0.439. The van der Waals surface area contributed by atoms with Crippen molar-refractivity contribution in [3.63, 3.8) is 0 Å². The molecule has 48 valence electrons. The van der Waals surface area contributed by atoms with Crippen LogP contribution in [0, 0.1) is 0 Å². The highest BCUT2D eigenvalue weighted by Gasteiger charge is 1.78. The third kappa shape index (κ3) is 6.05. The Morgan fingerprint density at radius 1 is 1.38 bits per heavy atom. The number of nitrogens with two attached hydrogens (primary N) is 1. The van der Waals surface area contributed by atoms with Crippen LogP contribution in [0.15, 0.2) is 11.5 Å². The van der Waals surface area contributed by atoms with E-state index >= 15 is 0 Å². The Morgan fingerprint density at radius 2 is 2.12 bits per heavy atom. The zero-order chi connectivity index (χ0) is 6.24. The van der Waals surface area contributed by atoms with E-state index in [0.717, 1.165) is 19.4 Å². The van der Waals surface area contributed by atoms with Crippen LogP contribution in [0.1, 0.15) is 19.3 Å². The molecule has 0 rings (SSSR count). The summed E-state index contributed by atoms with van der Waals surface area (Å²) in [6, 6.07) is 0. The van der Waals surface area contributed by atoms with E-state index in [-0.39, 0.29) is 0 Å². The molecule has 1 nitrogen and oxygen atoms in total. The molecule has 0 aliphatic rings. The van der Waals surface area contributed by atoms with E-state index in [1.165, 1.54) is 6.42 Å². The summed E-state index contributed by atoms with van der Waals surface area (Å²) in [6.07, 6.45) is 5.46. The van der Waals surface area contributed by atoms with Crippen molar-refractivity contribution >= 4 is 12.6 Å². The van der Waals surface area contributed by atoms with Gasteiger partial charge in [0.2, 0.25) is 0 Å². The van der Waals surface area contributed by atoms with Crippen molar-refractivity contribution in [2.24, 2.45) is 5.73 Å². The molecule has 0 saturated carbocycles. The van der Waals surface area contributed by atoms with Crippen LogP contribution in [-0.4, -0.2) is 6.54 Å². The van der Waals surface area contributed by atoms with Crippen LogP contribution in [-0.2, 0) is 0 Å².